The Hall–Kier alpha value is -1.64. The second-order valence-electron chi connectivity index (χ2n) is 4.89. The van der Waals surface area contributed by atoms with Crippen molar-refractivity contribution in [2.75, 3.05) is 26.0 Å². The molecule has 23 heavy (non-hydrogen) atoms. The van der Waals surface area contributed by atoms with Crippen molar-refractivity contribution >= 4 is 39.2 Å². The molecule has 128 valence electrons. The van der Waals surface area contributed by atoms with Gasteiger partial charge in [0.05, 0.1) is 15.6 Å². The number of carbonyl (C=O) groups is 2. The molecule has 0 aliphatic heterocycles. The number of hydrogen-bond acceptors (Lipinski definition) is 5. The minimum Gasteiger partial charge on any atom is -0.456 e. The molecule has 0 heterocycles. The summed E-state index contributed by atoms with van der Waals surface area (Å²) in [5.41, 5.74) is 0.131. The van der Waals surface area contributed by atoms with E-state index in [1.165, 1.54) is 32.3 Å². The van der Waals surface area contributed by atoms with Crippen molar-refractivity contribution in [3.63, 3.8) is 0 Å². The highest BCUT2D eigenvalue weighted by Gasteiger charge is 2.19. The maximum Gasteiger partial charge on any atom is 0.306 e. The quantitative estimate of drug-likeness (QED) is 0.747. The van der Waals surface area contributed by atoms with E-state index in [2.05, 4.69) is 5.32 Å². The van der Waals surface area contributed by atoms with Crippen molar-refractivity contribution in [1.82, 2.24) is 4.31 Å². The maximum atomic E-state index is 12.1. The number of rotatable bonds is 7. The fraction of sp³-hybridized carbons (Fsp3) is 0.429. The predicted molar refractivity (Wildman–Crippen MR) is 86.8 cm³/mol. The van der Waals surface area contributed by atoms with Gasteiger partial charge in [-0.1, -0.05) is 18.5 Å². The molecule has 0 saturated heterocycles. The van der Waals surface area contributed by atoms with E-state index >= 15 is 0 Å². The number of nitrogens with zero attached hydrogens (tertiary/aromatic N) is 1. The Kier molecular flexibility index (Phi) is 6.99. The number of nitrogens with one attached hydrogen (secondary N) is 1. The molecular weight excluding hydrogens is 344 g/mol. The summed E-state index contributed by atoms with van der Waals surface area (Å²) < 4.78 is 30.0. The van der Waals surface area contributed by atoms with Gasteiger partial charge in [0, 0.05) is 20.5 Å². The average molecular weight is 363 g/mol. The van der Waals surface area contributed by atoms with Gasteiger partial charge < -0.3 is 10.1 Å². The molecule has 9 heteroatoms. The van der Waals surface area contributed by atoms with Gasteiger partial charge in [0.2, 0.25) is 10.0 Å². The molecule has 1 N–H and O–H groups in total. The van der Waals surface area contributed by atoms with E-state index < -0.39 is 28.5 Å². The molecule has 0 spiro atoms. The van der Waals surface area contributed by atoms with Gasteiger partial charge in [-0.2, -0.15) is 0 Å². The smallest absolute Gasteiger partial charge is 0.306 e. The van der Waals surface area contributed by atoms with Crippen LogP contribution in [-0.4, -0.2) is 45.3 Å². The summed E-state index contributed by atoms with van der Waals surface area (Å²) in [5, 5.41) is 2.60. The first-order valence-corrected chi connectivity index (χ1v) is 8.67. The number of halogens is 1. The zero-order valence-corrected chi connectivity index (χ0v) is 14.7. The predicted octanol–water partition coefficient (Wildman–Crippen LogP) is 1.87. The summed E-state index contributed by atoms with van der Waals surface area (Å²) in [4.78, 5) is 23.0. The van der Waals surface area contributed by atoms with E-state index in [1.807, 2.05) is 6.92 Å². The van der Waals surface area contributed by atoms with Crippen LogP contribution in [-0.2, 0) is 24.3 Å². The van der Waals surface area contributed by atoms with Gasteiger partial charge in [-0.25, -0.2) is 12.7 Å². The van der Waals surface area contributed by atoms with Crippen molar-refractivity contribution in [2.24, 2.45) is 0 Å². The molecule has 0 aliphatic carbocycles. The molecule has 0 fully saturated rings. The minimum atomic E-state index is -3.65. The molecule has 0 aromatic heterocycles. The Balaban J connectivity index is 2.85. The van der Waals surface area contributed by atoms with Gasteiger partial charge >= 0.3 is 5.97 Å². The van der Waals surface area contributed by atoms with Crippen LogP contribution in [0.4, 0.5) is 5.69 Å². The molecule has 0 bridgehead atoms. The van der Waals surface area contributed by atoms with Crippen LogP contribution in [0.15, 0.2) is 23.1 Å². The summed E-state index contributed by atoms with van der Waals surface area (Å²) in [6.45, 7) is 1.36. The lowest BCUT2D eigenvalue weighted by Gasteiger charge is -2.13. The van der Waals surface area contributed by atoms with Gasteiger partial charge in [0.15, 0.2) is 6.61 Å². The van der Waals surface area contributed by atoms with Crippen LogP contribution in [0.5, 0.6) is 0 Å². The van der Waals surface area contributed by atoms with E-state index in [0.29, 0.717) is 6.42 Å². The number of esters is 1. The normalized spacial score (nSPS) is 11.3. The Morgan fingerprint density at radius 1 is 1.30 bits per heavy atom. The van der Waals surface area contributed by atoms with Crippen molar-refractivity contribution in [3.8, 4) is 0 Å². The lowest BCUT2D eigenvalue weighted by molar-refractivity contribution is -0.147. The number of ether oxygens (including phenoxy) is 1. The number of carbonyl (C=O) groups excluding carboxylic acids is 2. The lowest BCUT2D eigenvalue weighted by Crippen LogP contribution is -2.23. The molecule has 0 radical (unpaired) electrons. The summed E-state index contributed by atoms with van der Waals surface area (Å²) in [6, 6.07) is 3.97. The van der Waals surface area contributed by atoms with Gasteiger partial charge in [-0.15, -0.1) is 0 Å². The van der Waals surface area contributed by atoms with Gasteiger partial charge in [-0.3, -0.25) is 9.59 Å². The number of anilines is 1. The molecule has 0 saturated carbocycles. The van der Waals surface area contributed by atoms with Crippen LogP contribution >= 0.6 is 11.6 Å². The molecular formula is C14H19ClN2O5S. The van der Waals surface area contributed by atoms with E-state index in [9.17, 15) is 18.0 Å². The number of sulfonamides is 1. The lowest BCUT2D eigenvalue weighted by atomic mass is 10.3. The highest BCUT2D eigenvalue weighted by molar-refractivity contribution is 7.89. The molecule has 1 aromatic rings. The van der Waals surface area contributed by atoms with Crippen LogP contribution in [0.1, 0.15) is 19.8 Å². The third-order valence-corrected chi connectivity index (χ3v) is 4.95. The first-order chi connectivity index (χ1) is 10.7. The van der Waals surface area contributed by atoms with Crippen LogP contribution in [0.2, 0.25) is 5.02 Å². The summed E-state index contributed by atoms with van der Waals surface area (Å²) in [6.07, 6.45) is 0.849. The summed E-state index contributed by atoms with van der Waals surface area (Å²) >= 11 is 5.95. The van der Waals surface area contributed by atoms with Gasteiger partial charge in [-0.05, 0) is 24.6 Å². The largest absolute Gasteiger partial charge is 0.456 e. The second-order valence-corrected chi connectivity index (χ2v) is 7.45. The first kappa shape index (κ1) is 19.4. The van der Waals surface area contributed by atoms with Crippen LogP contribution in [0, 0.1) is 0 Å². The van der Waals surface area contributed by atoms with Gasteiger partial charge in [0.1, 0.15) is 0 Å². The Bertz CT molecular complexity index is 688. The van der Waals surface area contributed by atoms with Crippen LogP contribution < -0.4 is 5.32 Å². The minimum absolute atomic E-state index is 0.00909. The van der Waals surface area contributed by atoms with Crippen molar-refractivity contribution in [2.45, 2.75) is 24.7 Å². The number of benzene rings is 1. The van der Waals surface area contributed by atoms with E-state index in [0.717, 1.165) is 4.31 Å². The van der Waals surface area contributed by atoms with Crippen molar-refractivity contribution < 1.29 is 22.7 Å². The Morgan fingerprint density at radius 3 is 2.52 bits per heavy atom. The van der Waals surface area contributed by atoms with E-state index in [-0.39, 0.29) is 22.0 Å². The van der Waals surface area contributed by atoms with Gasteiger partial charge in [0.25, 0.3) is 5.91 Å². The highest BCUT2D eigenvalue weighted by atomic mass is 35.5. The number of hydrogen-bond donors (Lipinski definition) is 1. The molecule has 0 aliphatic rings. The Morgan fingerprint density at radius 2 is 1.96 bits per heavy atom. The number of amides is 1. The average Bonchev–Trinajstić information content (AvgIpc) is 2.47. The first-order valence-electron chi connectivity index (χ1n) is 6.86. The standard InChI is InChI=1S/C14H19ClN2O5S/c1-4-5-14(19)22-9-13(18)16-12-8-10(6-7-11(12)15)23(20,21)17(2)3/h6-8H,4-5,9H2,1-3H3,(H,16,18). The van der Waals surface area contributed by atoms with E-state index in [4.69, 9.17) is 16.3 Å². The fourth-order valence-corrected chi connectivity index (χ4v) is 2.67. The molecule has 1 amide bonds. The zero-order chi connectivity index (χ0) is 17.6. The van der Waals surface area contributed by atoms with Crippen LogP contribution in [0.25, 0.3) is 0 Å². The molecule has 1 rings (SSSR count). The summed E-state index contributed by atoms with van der Waals surface area (Å²) in [7, 11) is -0.851. The molecule has 1 aromatic carbocycles. The zero-order valence-electron chi connectivity index (χ0n) is 13.1. The molecule has 7 nitrogen and oxygen atoms in total. The monoisotopic (exact) mass is 362 g/mol. The third-order valence-electron chi connectivity index (χ3n) is 2.81. The maximum absolute atomic E-state index is 12.1. The Labute approximate surface area is 140 Å². The summed E-state index contributed by atoms with van der Waals surface area (Å²) in [5.74, 6) is -1.08. The second kappa shape index (κ2) is 8.28. The molecule has 0 atom stereocenters. The fourth-order valence-electron chi connectivity index (χ4n) is 1.58. The SMILES string of the molecule is CCCC(=O)OCC(=O)Nc1cc(S(=O)(=O)N(C)C)ccc1Cl. The van der Waals surface area contributed by atoms with Crippen LogP contribution in [0.3, 0.4) is 0 Å². The molecule has 0 unspecified atom stereocenters. The third kappa shape index (κ3) is 5.49. The topological polar surface area (TPSA) is 92.8 Å². The highest BCUT2D eigenvalue weighted by Crippen LogP contribution is 2.26. The van der Waals surface area contributed by atoms with Crippen molar-refractivity contribution in [3.05, 3.63) is 23.2 Å². The van der Waals surface area contributed by atoms with E-state index in [1.54, 1.807) is 0 Å². The van der Waals surface area contributed by atoms with Crippen molar-refractivity contribution in [1.29, 1.82) is 0 Å².